The van der Waals surface area contributed by atoms with Crippen molar-refractivity contribution in [1.82, 2.24) is 0 Å². The summed E-state index contributed by atoms with van der Waals surface area (Å²) in [5, 5.41) is 9.53. The standard InChI is InChI=1S/C22H19Cl2NO3.Na.H/c1-22(2)17(12-19(23)24)20(22)21(26)28-18(13-25)14-7-6-10-16(11-14)27-15-8-4-3-5-9-15;;/h3-12,17-18,20H,1-2H3;;. The van der Waals surface area contributed by atoms with Crippen LogP contribution in [-0.2, 0) is 9.53 Å². The molecular formula is C22H20Cl2NNaO3. The van der Waals surface area contributed by atoms with Crippen LogP contribution in [0.25, 0.3) is 0 Å². The molecule has 0 amide bonds. The molecule has 4 nitrogen and oxygen atoms in total. The molecule has 0 bridgehead atoms. The van der Waals surface area contributed by atoms with E-state index < -0.39 is 12.1 Å². The summed E-state index contributed by atoms with van der Waals surface area (Å²) in [6.45, 7) is 3.87. The van der Waals surface area contributed by atoms with E-state index in [0.717, 1.165) is 0 Å². The summed E-state index contributed by atoms with van der Waals surface area (Å²) in [6, 6.07) is 18.3. The Kier molecular flexibility index (Phi) is 8.22. The number of hydrogen-bond acceptors (Lipinski definition) is 4. The van der Waals surface area contributed by atoms with Crippen LogP contribution in [0.1, 0.15) is 25.5 Å². The van der Waals surface area contributed by atoms with E-state index in [1.54, 1.807) is 30.3 Å². The number of nitriles is 1. The number of rotatable bonds is 6. The van der Waals surface area contributed by atoms with Gasteiger partial charge in [-0.2, -0.15) is 5.26 Å². The van der Waals surface area contributed by atoms with Gasteiger partial charge >= 0.3 is 35.5 Å². The summed E-state index contributed by atoms with van der Waals surface area (Å²) < 4.78 is 11.4. The van der Waals surface area contributed by atoms with Gasteiger partial charge in [0, 0.05) is 5.56 Å². The molecule has 1 aliphatic carbocycles. The molecule has 0 radical (unpaired) electrons. The first-order valence-corrected chi connectivity index (χ1v) is 9.54. The first-order valence-electron chi connectivity index (χ1n) is 8.78. The molecule has 0 aromatic heterocycles. The Balaban J connectivity index is 0.00000300. The third-order valence-electron chi connectivity index (χ3n) is 4.96. The van der Waals surface area contributed by atoms with E-state index in [-0.39, 0.29) is 51.3 Å². The zero-order valence-electron chi connectivity index (χ0n) is 15.4. The Morgan fingerprint density at radius 2 is 1.79 bits per heavy atom. The average molecular weight is 440 g/mol. The van der Waals surface area contributed by atoms with Crippen molar-refractivity contribution in [3.8, 4) is 17.6 Å². The van der Waals surface area contributed by atoms with Crippen LogP contribution in [0.15, 0.2) is 65.2 Å². The number of benzene rings is 2. The van der Waals surface area contributed by atoms with Crippen molar-refractivity contribution >= 4 is 58.7 Å². The van der Waals surface area contributed by atoms with Gasteiger partial charge in [-0.3, -0.25) is 4.79 Å². The van der Waals surface area contributed by atoms with Crippen molar-refractivity contribution < 1.29 is 14.3 Å². The average Bonchev–Trinajstić information content (AvgIpc) is 3.20. The molecule has 0 N–H and O–H groups in total. The van der Waals surface area contributed by atoms with E-state index in [0.29, 0.717) is 17.1 Å². The summed E-state index contributed by atoms with van der Waals surface area (Å²) in [7, 11) is 0. The summed E-state index contributed by atoms with van der Waals surface area (Å²) in [4.78, 5) is 12.6. The van der Waals surface area contributed by atoms with E-state index in [4.69, 9.17) is 32.7 Å². The van der Waals surface area contributed by atoms with Crippen LogP contribution in [0.2, 0.25) is 0 Å². The summed E-state index contributed by atoms with van der Waals surface area (Å²) >= 11 is 11.5. The predicted octanol–water partition coefficient (Wildman–Crippen LogP) is 5.53. The summed E-state index contributed by atoms with van der Waals surface area (Å²) in [5.41, 5.74) is 0.231. The zero-order chi connectivity index (χ0) is 20.3. The molecule has 29 heavy (non-hydrogen) atoms. The summed E-state index contributed by atoms with van der Waals surface area (Å²) in [5.74, 6) is 0.289. The third kappa shape index (κ3) is 5.78. The van der Waals surface area contributed by atoms with Crippen molar-refractivity contribution in [3.63, 3.8) is 0 Å². The van der Waals surface area contributed by atoms with Gasteiger partial charge in [0.1, 0.15) is 22.1 Å². The molecule has 1 aliphatic rings. The topological polar surface area (TPSA) is 59.3 Å². The fourth-order valence-corrected chi connectivity index (χ4v) is 3.57. The van der Waals surface area contributed by atoms with Gasteiger partial charge < -0.3 is 9.47 Å². The summed E-state index contributed by atoms with van der Waals surface area (Å²) in [6.07, 6.45) is 0.615. The Labute approximate surface area is 202 Å². The number of nitrogens with zero attached hydrogens (tertiary/aromatic N) is 1. The van der Waals surface area contributed by atoms with Gasteiger partial charge in [-0.1, -0.05) is 67.4 Å². The number of esters is 1. The van der Waals surface area contributed by atoms with Gasteiger partial charge in [-0.25, -0.2) is 0 Å². The molecule has 0 heterocycles. The number of carbonyl (C=O) groups is 1. The monoisotopic (exact) mass is 439 g/mol. The maximum absolute atomic E-state index is 12.6. The molecular weight excluding hydrogens is 420 g/mol. The first-order chi connectivity index (χ1) is 13.3. The van der Waals surface area contributed by atoms with Crippen LogP contribution in [0.5, 0.6) is 11.5 Å². The van der Waals surface area contributed by atoms with E-state index in [1.807, 2.05) is 50.2 Å². The van der Waals surface area contributed by atoms with Crippen LogP contribution in [0.4, 0.5) is 0 Å². The Morgan fingerprint density at radius 3 is 2.41 bits per heavy atom. The minimum atomic E-state index is -1.03. The predicted molar refractivity (Wildman–Crippen MR) is 115 cm³/mol. The number of ether oxygens (including phenoxy) is 2. The number of carbonyl (C=O) groups excluding carboxylic acids is 1. The van der Waals surface area contributed by atoms with Crippen molar-refractivity contribution in [1.29, 1.82) is 5.26 Å². The second-order valence-corrected chi connectivity index (χ2v) is 8.22. The molecule has 3 unspecified atom stereocenters. The fourth-order valence-electron chi connectivity index (χ4n) is 3.30. The molecule has 7 heteroatoms. The second-order valence-electron chi connectivity index (χ2n) is 7.21. The Bertz CT molecular complexity index is 937. The molecule has 1 fully saturated rings. The molecule has 0 aliphatic heterocycles. The van der Waals surface area contributed by atoms with Crippen LogP contribution in [0.3, 0.4) is 0 Å². The van der Waals surface area contributed by atoms with Crippen LogP contribution >= 0.6 is 23.2 Å². The third-order valence-corrected chi connectivity index (χ3v) is 5.21. The minimum absolute atomic E-state index is 0. The zero-order valence-corrected chi connectivity index (χ0v) is 16.9. The van der Waals surface area contributed by atoms with Gasteiger partial charge in [0.15, 0.2) is 0 Å². The molecule has 0 saturated heterocycles. The van der Waals surface area contributed by atoms with Crippen molar-refractivity contribution in [3.05, 3.63) is 70.7 Å². The van der Waals surface area contributed by atoms with Crippen molar-refractivity contribution in [2.75, 3.05) is 0 Å². The second kappa shape index (κ2) is 10.0. The molecule has 1 saturated carbocycles. The van der Waals surface area contributed by atoms with Crippen LogP contribution in [-0.4, -0.2) is 35.5 Å². The van der Waals surface area contributed by atoms with E-state index in [1.165, 1.54) is 0 Å². The van der Waals surface area contributed by atoms with Gasteiger partial charge in [0.05, 0.1) is 5.92 Å². The molecule has 2 aromatic rings. The number of allylic oxidation sites excluding steroid dienone is 1. The fraction of sp³-hybridized carbons (Fsp3) is 0.273. The van der Waals surface area contributed by atoms with Crippen molar-refractivity contribution in [2.24, 2.45) is 17.3 Å². The number of halogens is 2. The maximum atomic E-state index is 12.6. The molecule has 146 valence electrons. The Hall–Kier alpha value is -1.48. The number of hydrogen-bond donors (Lipinski definition) is 0. The normalized spacial score (nSPS) is 19.7. The van der Waals surface area contributed by atoms with E-state index in [9.17, 15) is 10.1 Å². The molecule has 3 atom stereocenters. The first kappa shape index (κ1) is 23.8. The molecule has 0 spiro atoms. The quantitative estimate of drug-likeness (QED) is 0.438. The molecule has 2 aromatic carbocycles. The SMILES string of the molecule is CC1(C)C(C=C(Cl)Cl)C1C(=O)OC(C#N)c1cccc(Oc2ccccc2)c1.[NaH]. The van der Waals surface area contributed by atoms with Gasteiger partial charge in [0.25, 0.3) is 0 Å². The van der Waals surface area contributed by atoms with Crippen molar-refractivity contribution in [2.45, 2.75) is 20.0 Å². The van der Waals surface area contributed by atoms with Gasteiger partial charge in [-0.15, -0.1) is 0 Å². The van der Waals surface area contributed by atoms with Gasteiger partial charge in [0.2, 0.25) is 6.10 Å². The van der Waals surface area contributed by atoms with Crippen LogP contribution in [0, 0.1) is 28.6 Å². The number of para-hydroxylation sites is 1. The molecule has 3 rings (SSSR count). The van der Waals surface area contributed by atoms with E-state index >= 15 is 0 Å². The Morgan fingerprint density at radius 1 is 1.14 bits per heavy atom. The van der Waals surface area contributed by atoms with E-state index in [2.05, 4.69) is 0 Å². The van der Waals surface area contributed by atoms with Crippen LogP contribution < -0.4 is 4.74 Å². The van der Waals surface area contributed by atoms with Gasteiger partial charge in [-0.05, 0) is 41.7 Å².